The molecule has 1 fully saturated rings. The molecule has 0 amide bonds. The minimum atomic E-state index is 0.287. The maximum Gasteiger partial charge on any atom is 0.0892 e. The third-order valence-electron chi connectivity index (χ3n) is 5.01. The van der Waals surface area contributed by atoms with Crippen LogP contribution in [0.5, 0.6) is 0 Å². The molecule has 2 aromatic heterocycles. The smallest absolute Gasteiger partial charge is 0.0892 e. The molecule has 0 spiro atoms. The van der Waals surface area contributed by atoms with Crippen LogP contribution in [0.2, 0.25) is 0 Å². The minimum absolute atomic E-state index is 0.287. The van der Waals surface area contributed by atoms with Gasteiger partial charge in [0.25, 0.3) is 0 Å². The molecule has 0 bridgehead atoms. The van der Waals surface area contributed by atoms with Crippen LogP contribution in [-0.4, -0.2) is 34.1 Å². The zero-order chi connectivity index (χ0) is 18.3. The first-order valence-corrected chi connectivity index (χ1v) is 9.60. The van der Waals surface area contributed by atoms with Gasteiger partial charge in [0.1, 0.15) is 0 Å². The zero-order valence-electron chi connectivity index (χ0n) is 15.5. The zero-order valence-corrected chi connectivity index (χ0v) is 15.5. The van der Waals surface area contributed by atoms with Crippen LogP contribution in [-0.2, 0) is 17.9 Å². The van der Waals surface area contributed by atoms with Gasteiger partial charge in [-0.25, -0.2) is 0 Å². The van der Waals surface area contributed by atoms with Crippen molar-refractivity contribution in [3.8, 4) is 11.1 Å². The van der Waals surface area contributed by atoms with E-state index in [2.05, 4.69) is 45.2 Å². The predicted molar refractivity (Wildman–Crippen MR) is 107 cm³/mol. The van der Waals surface area contributed by atoms with Gasteiger partial charge >= 0.3 is 0 Å². The standard InChI is InChI=1S/C23H25N3O/c1-2-13-25-22(6-1)18-27-23-7-4-14-26(17-23)16-19-8-10-20(11-9-19)21-5-3-12-24-15-21/h1-3,5-6,8-13,15,23H,4,7,14,16-18H2. The van der Waals surface area contributed by atoms with E-state index in [9.17, 15) is 0 Å². The number of aromatic nitrogens is 2. The van der Waals surface area contributed by atoms with E-state index in [-0.39, 0.29) is 6.10 Å². The molecule has 27 heavy (non-hydrogen) atoms. The lowest BCUT2D eigenvalue weighted by atomic mass is 10.0. The molecule has 4 nitrogen and oxygen atoms in total. The van der Waals surface area contributed by atoms with E-state index in [0.29, 0.717) is 6.61 Å². The number of benzene rings is 1. The molecule has 3 heterocycles. The molecule has 1 saturated heterocycles. The Hall–Kier alpha value is -2.56. The van der Waals surface area contributed by atoms with Crippen LogP contribution in [0.1, 0.15) is 24.1 Å². The summed E-state index contributed by atoms with van der Waals surface area (Å²) in [6.07, 6.45) is 8.13. The van der Waals surface area contributed by atoms with Gasteiger partial charge in [0.2, 0.25) is 0 Å². The minimum Gasteiger partial charge on any atom is -0.371 e. The molecule has 0 aliphatic carbocycles. The Bertz CT molecular complexity index is 821. The molecule has 0 saturated carbocycles. The van der Waals surface area contributed by atoms with E-state index in [0.717, 1.165) is 37.3 Å². The lowest BCUT2D eigenvalue weighted by Gasteiger charge is -2.32. The van der Waals surface area contributed by atoms with E-state index in [4.69, 9.17) is 4.74 Å². The van der Waals surface area contributed by atoms with E-state index >= 15 is 0 Å². The number of likely N-dealkylation sites (tertiary alicyclic amines) is 1. The molecular formula is C23H25N3O. The van der Waals surface area contributed by atoms with Crippen molar-refractivity contribution in [3.05, 3.63) is 84.4 Å². The molecule has 1 aromatic carbocycles. The lowest BCUT2D eigenvalue weighted by Crippen LogP contribution is -2.39. The predicted octanol–water partition coefficient (Wildman–Crippen LogP) is 4.32. The SMILES string of the molecule is c1ccc(COC2CCCN(Cc3ccc(-c4cccnc4)cc3)C2)nc1. The van der Waals surface area contributed by atoms with E-state index < -0.39 is 0 Å². The first-order chi connectivity index (χ1) is 13.4. The maximum absolute atomic E-state index is 6.10. The largest absolute Gasteiger partial charge is 0.371 e. The molecule has 3 aromatic rings. The maximum atomic E-state index is 6.10. The molecule has 4 rings (SSSR count). The summed E-state index contributed by atoms with van der Waals surface area (Å²) in [5.41, 5.74) is 4.71. The van der Waals surface area contributed by atoms with Crippen molar-refractivity contribution in [1.82, 2.24) is 14.9 Å². The van der Waals surface area contributed by atoms with Gasteiger partial charge in [0, 0.05) is 31.7 Å². The Kier molecular flexibility index (Phi) is 5.87. The molecule has 0 N–H and O–H groups in total. The Morgan fingerprint density at radius 1 is 0.963 bits per heavy atom. The molecule has 1 aliphatic heterocycles. The van der Waals surface area contributed by atoms with E-state index in [1.807, 2.05) is 36.7 Å². The quantitative estimate of drug-likeness (QED) is 0.657. The number of pyridine rings is 2. The first kappa shape index (κ1) is 17.8. The van der Waals surface area contributed by atoms with Gasteiger partial charge in [0.05, 0.1) is 18.4 Å². The summed E-state index contributed by atoms with van der Waals surface area (Å²) in [6.45, 7) is 3.68. The van der Waals surface area contributed by atoms with Gasteiger partial charge < -0.3 is 4.74 Å². The van der Waals surface area contributed by atoms with Crippen LogP contribution in [0, 0.1) is 0 Å². The Labute approximate surface area is 160 Å². The summed E-state index contributed by atoms with van der Waals surface area (Å²) in [5, 5.41) is 0. The molecular weight excluding hydrogens is 334 g/mol. The monoisotopic (exact) mass is 359 g/mol. The second-order valence-electron chi connectivity index (χ2n) is 7.07. The fourth-order valence-electron chi connectivity index (χ4n) is 3.57. The number of hydrogen-bond donors (Lipinski definition) is 0. The van der Waals surface area contributed by atoms with Crippen LogP contribution in [0.15, 0.2) is 73.2 Å². The fraction of sp³-hybridized carbons (Fsp3) is 0.304. The molecule has 0 radical (unpaired) electrons. The van der Waals surface area contributed by atoms with Crippen LogP contribution in [0.4, 0.5) is 0 Å². The van der Waals surface area contributed by atoms with Gasteiger partial charge in [0.15, 0.2) is 0 Å². The average molecular weight is 359 g/mol. The number of piperidine rings is 1. The van der Waals surface area contributed by atoms with Crippen molar-refractivity contribution < 1.29 is 4.74 Å². The highest BCUT2D eigenvalue weighted by Gasteiger charge is 2.20. The molecule has 4 heteroatoms. The third kappa shape index (κ3) is 5.00. The van der Waals surface area contributed by atoms with Crippen molar-refractivity contribution in [3.63, 3.8) is 0 Å². The topological polar surface area (TPSA) is 38.2 Å². The van der Waals surface area contributed by atoms with E-state index in [1.54, 1.807) is 6.20 Å². The van der Waals surface area contributed by atoms with E-state index in [1.165, 1.54) is 17.5 Å². The Balaban J connectivity index is 1.31. The summed E-state index contributed by atoms with van der Waals surface area (Å²) >= 11 is 0. The van der Waals surface area contributed by atoms with Gasteiger partial charge in [-0.3, -0.25) is 14.9 Å². The van der Waals surface area contributed by atoms with Gasteiger partial charge in [-0.15, -0.1) is 0 Å². The summed E-state index contributed by atoms with van der Waals surface area (Å²) in [6, 6.07) is 18.8. The summed E-state index contributed by atoms with van der Waals surface area (Å²) in [7, 11) is 0. The Morgan fingerprint density at radius 2 is 1.89 bits per heavy atom. The van der Waals surface area contributed by atoms with Crippen LogP contribution in [0.3, 0.4) is 0 Å². The van der Waals surface area contributed by atoms with Crippen molar-refractivity contribution in [2.24, 2.45) is 0 Å². The second-order valence-corrected chi connectivity index (χ2v) is 7.07. The van der Waals surface area contributed by atoms with Gasteiger partial charge in [-0.1, -0.05) is 36.4 Å². The molecule has 1 unspecified atom stereocenters. The highest BCUT2D eigenvalue weighted by Crippen LogP contribution is 2.21. The number of ether oxygens (including phenoxy) is 1. The average Bonchev–Trinajstić information content (AvgIpc) is 2.75. The summed E-state index contributed by atoms with van der Waals surface area (Å²) < 4.78 is 6.10. The van der Waals surface area contributed by atoms with Gasteiger partial charge in [-0.05, 0) is 54.3 Å². The number of rotatable bonds is 6. The highest BCUT2D eigenvalue weighted by molar-refractivity contribution is 5.62. The van der Waals surface area contributed by atoms with Crippen molar-refractivity contribution in [2.75, 3.05) is 13.1 Å². The fourth-order valence-corrected chi connectivity index (χ4v) is 3.57. The highest BCUT2D eigenvalue weighted by atomic mass is 16.5. The third-order valence-corrected chi connectivity index (χ3v) is 5.01. The lowest BCUT2D eigenvalue weighted by molar-refractivity contribution is -0.0132. The van der Waals surface area contributed by atoms with Crippen molar-refractivity contribution in [2.45, 2.75) is 32.1 Å². The van der Waals surface area contributed by atoms with Crippen LogP contribution in [0.25, 0.3) is 11.1 Å². The van der Waals surface area contributed by atoms with Crippen molar-refractivity contribution >= 4 is 0 Å². The molecule has 1 aliphatic rings. The van der Waals surface area contributed by atoms with Crippen LogP contribution >= 0.6 is 0 Å². The van der Waals surface area contributed by atoms with Gasteiger partial charge in [-0.2, -0.15) is 0 Å². The molecule has 138 valence electrons. The van der Waals surface area contributed by atoms with Crippen LogP contribution < -0.4 is 0 Å². The number of hydrogen-bond acceptors (Lipinski definition) is 4. The summed E-state index contributed by atoms with van der Waals surface area (Å²) in [5.74, 6) is 0. The normalized spacial score (nSPS) is 17.7. The second kappa shape index (κ2) is 8.89. The first-order valence-electron chi connectivity index (χ1n) is 9.60. The molecule has 1 atom stereocenters. The summed E-state index contributed by atoms with van der Waals surface area (Å²) in [4.78, 5) is 11.0. The Morgan fingerprint density at radius 3 is 2.67 bits per heavy atom. The van der Waals surface area contributed by atoms with Crippen molar-refractivity contribution in [1.29, 1.82) is 0 Å². The number of nitrogens with zero attached hydrogens (tertiary/aromatic N) is 3.